The van der Waals surface area contributed by atoms with Crippen LogP contribution in [0.3, 0.4) is 0 Å². The molecule has 0 spiro atoms. The summed E-state index contributed by atoms with van der Waals surface area (Å²) in [5, 5.41) is 0. The monoisotopic (exact) mass is 425 g/mol. The van der Waals surface area contributed by atoms with E-state index in [1.54, 1.807) is 48.5 Å². The summed E-state index contributed by atoms with van der Waals surface area (Å²) >= 11 is 3.32. The first-order valence-corrected chi connectivity index (χ1v) is 9.44. The van der Waals surface area contributed by atoms with Crippen LogP contribution >= 0.6 is 15.9 Å². The standard InChI is InChI=1S/C21H16BrNO4/c22-14-7-11-16(12-8-14)27-21(26)13-5-9-15(10-6-13)23-19(24)17-3-1-2-4-18(17)20(23)25/h1-2,5-12,17-18H,3-4H2/t17-,18-/m0/s1. The number of hydrogen-bond acceptors (Lipinski definition) is 4. The zero-order valence-corrected chi connectivity index (χ0v) is 15.9. The van der Waals surface area contributed by atoms with E-state index < -0.39 is 5.97 Å². The zero-order valence-electron chi connectivity index (χ0n) is 14.3. The van der Waals surface area contributed by atoms with E-state index in [2.05, 4.69) is 15.9 Å². The van der Waals surface area contributed by atoms with Gasteiger partial charge in [0.05, 0.1) is 23.1 Å². The second kappa shape index (κ2) is 7.12. The molecule has 0 unspecified atom stereocenters. The fraction of sp³-hybridized carbons (Fsp3) is 0.190. The van der Waals surface area contributed by atoms with Crippen molar-refractivity contribution in [2.45, 2.75) is 12.8 Å². The number of ether oxygens (including phenoxy) is 1. The second-order valence-electron chi connectivity index (χ2n) is 6.56. The zero-order chi connectivity index (χ0) is 19.0. The van der Waals surface area contributed by atoms with Crippen molar-refractivity contribution >= 4 is 39.4 Å². The topological polar surface area (TPSA) is 63.7 Å². The minimum Gasteiger partial charge on any atom is -0.423 e. The maximum Gasteiger partial charge on any atom is 0.343 e. The highest BCUT2D eigenvalue weighted by Gasteiger charge is 2.47. The van der Waals surface area contributed by atoms with Gasteiger partial charge in [0.2, 0.25) is 11.8 Å². The van der Waals surface area contributed by atoms with Crippen molar-refractivity contribution < 1.29 is 19.1 Å². The van der Waals surface area contributed by atoms with Gasteiger partial charge in [0, 0.05) is 4.47 Å². The van der Waals surface area contributed by atoms with Gasteiger partial charge in [-0.05, 0) is 61.4 Å². The lowest BCUT2D eigenvalue weighted by Gasteiger charge is -2.15. The minimum atomic E-state index is -0.499. The molecule has 2 aromatic rings. The van der Waals surface area contributed by atoms with Gasteiger partial charge in [0.15, 0.2) is 0 Å². The maximum atomic E-state index is 12.6. The molecule has 136 valence electrons. The number of carbonyl (C=O) groups is 3. The molecule has 6 heteroatoms. The fourth-order valence-corrected chi connectivity index (χ4v) is 3.73. The van der Waals surface area contributed by atoms with Gasteiger partial charge in [0.1, 0.15) is 5.75 Å². The van der Waals surface area contributed by atoms with Crippen LogP contribution in [0.15, 0.2) is 65.2 Å². The van der Waals surface area contributed by atoms with Crippen LogP contribution in [0.2, 0.25) is 0 Å². The van der Waals surface area contributed by atoms with Crippen LogP contribution in [-0.4, -0.2) is 17.8 Å². The maximum absolute atomic E-state index is 12.6. The van der Waals surface area contributed by atoms with Crippen LogP contribution in [0.4, 0.5) is 5.69 Å². The van der Waals surface area contributed by atoms with E-state index in [0.29, 0.717) is 29.8 Å². The molecule has 4 rings (SSSR count). The normalized spacial score (nSPS) is 21.3. The average molecular weight is 426 g/mol. The number of benzene rings is 2. The number of amides is 2. The van der Waals surface area contributed by atoms with E-state index in [-0.39, 0.29) is 23.7 Å². The predicted molar refractivity (Wildman–Crippen MR) is 103 cm³/mol. The van der Waals surface area contributed by atoms with Crippen molar-refractivity contribution in [3.63, 3.8) is 0 Å². The van der Waals surface area contributed by atoms with Gasteiger partial charge in [-0.15, -0.1) is 0 Å². The summed E-state index contributed by atoms with van der Waals surface area (Å²) in [6.45, 7) is 0. The highest BCUT2D eigenvalue weighted by molar-refractivity contribution is 9.10. The number of esters is 1. The highest BCUT2D eigenvalue weighted by atomic mass is 79.9. The van der Waals surface area contributed by atoms with Gasteiger partial charge < -0.3 is 4.74 Å². The van der Waals surface area contributed by atoms with Crippen LogP contribution in [0.25, 0.3) is 0 Å². The smallest absolute Gasteiger partial charge is 0.343 e. The lowest BCUT2D eigenvalue weighted by molar-refractivity contribution is -0.122. The van der Waals surface area contributed by atoms with Gasteiger partial charge in [-0.25, -0.2) is 4.79 Å². The largest absolute Gasteiger partial charge is 0.423 e. The Kier molecular flexibility index (Phi) is 4.66. The lowest BCUT2D eigenvalue weighted by atomic mass is 9.85. The van der Waals surface area contributed by atoms with E-state index in [9.17, 15) is 14.4 Å². The van der Waals surface area contributed by atoms with Crippen molar-refractivity contribution in [2.24, 2.45) is 11.8 Å². The first-order chi connectivity index (χ1) is 13.0. The number of anilines is 1. The number of hydrogen-bond donors (Lipinski definition) is 0. The molecule has 0 bridgehead atoms. The van der Waals surface area contributed by atoms with Gasteiger partial charge >= 0.3 is 5.97 Å². The summed E-state index contributed by atoms with van der Waals surface area (Å²) in [5.74, 6) is -0.942. The van der Waals surface area contributed by atoms with Crippen LogP contribution < -0.4 is 9.64 Å². The Morgan fingerprint density at radius 2 is 1.44 bits per heavy atom. The third-order valence-electron chi connectivity index (χ3n) is 4.89. The Bertz CT molecular complexity index is 908. The Balaban J connectivity index is 1.50. The van der Waals surface area contributed by atoms with Gasteiger partial charge in [-0.3, -0.25) is 14.5 Å². The summed E-state index contributed by atoms with van der Waals surface area (Å²) in [6.07, 6.45) is 5.11. The second-order valence-corrected chi connectivity index (χ2v) is 7.47. The van der Waals surface area contributed by atoms with Crippen molar-refractivity contribution in [1.82, 2.24) is 0 Å². The fourth-order valence-electron chi connectivity index (χ4n) is 3.47. The van der Waals surface area contributed by atoms with Crippen LogP contribution in [0.1, 0.15) is 23.2 Å². The molecule has 1 heterocycles. The van der Waals surface area contributed by atoms with Crippen molar-refractivity contribution in [2.75, 3.05) is 4.90 Å². The Morgan fingerprint density at radius 3 is 2.00 bits per heavy atom. The molecule has 0 N–H and O–H groups in total. The molecule has 1 aliphatic carbocycles. The summed E-state index contributed by atoms with van der Waals surface area (Å²) in [5.41, 5.74) is 0.833. The van der Waals surface area contributed by atoms with Crippen molar-refractivity contribution in [3.05, 3.63) is 70.7 Å². The Labute approximate surface area is 164 Å². The first-order valence-electron chi connectivity index (χ1n) is 8.65. The molecule has 0 radical (unpaired) electrons. The van der Waals surface area contributed by atoms with Gasteiger partial charge in [-0.2, -0.15) is 0 Å². The quantitative estimate of drug-likeness (QED) is 0.321. The van der Waals surface area contributed by atoms with Crippen LogP contribution in [-0.2, 0) is 9.59 Å². The molecule has 27 heavy (non-hydrogen) atoms. The van der Waals surface area contributed by atoms with E-state index in [0.717, 1.165) is 4.47 Å². The molecular formula is C21H16BrNO4. The molecule has 1 saturated heterocycles. The average Bonchev–Trinajstić information content (AvgIpc) is 2.95. The van der Waals surface area contributed by atoms with E-state index in [1.165, 1.54) is 4.90 Å². The molecule has 2 aromatic carbocycles. The number of carbonyl (C=O) groups excluding carboxylic acids is 3. The molecule has 0 aromatic heterocycles. The highest BCUT2D eigenvalue weighted by Crippen LogP contribution is 2.37. The minimum absolute atomic E-state index is 0.167. The lowest BCUT2D eigenvalue weighted by Crippen LogP contribution is -2.30. The third kappa shape index (κ3) is 3.32. The SMILES string of the molecule is O=C(Oc1ccc(Br)cc1)c1ccc(N2C(=O)[C@H]3CC=CC[C@@H]3C2=O)cc1. The third-order valence-corrected chi connectivity index (χ3v) is 5.42. The summed E-state index contributed by atoms with van der Waals surface area (Å²) in [4.78, 5) is 38.7. The summed E-state index contributed by atoms with van der Waals surface area (Å²) in [7, 11) is 0. The van der Waals surface area contributed by atoms with E-state index in [4.69, 9.17) is 4.74 Å². The van der Waals surface area contributed by atoms with Crippen LogP contribution in [0.5, 0.6) is 5.75 Å². The summed E-state index contributed by atoms with van der Waals surface area (Å²) < 4.78 is 6.22. The van der Waals surface area contributed by atoms with Crippen molar-refractivity contribution in [1.29, 1.82) is 0 Å². The van der Waals surface area contributed by atoms with Gasteiger partial charge in [-0.1, -0.05) is 28.1 Å². The number of nitrogens with zero attached hydrogens (tertiary/aromatic N) is 1. The Hall–Kier alpha value is -2.73. The molecule has 2 atom stereocenters. The number of halogens is 1. The Morgan fingerprint density at radius 1 is 0.889 bits per heavy atom. The molecule has 2 amide bonds. The molecule has 2 aliphatic rings. The molecular weight excluding hydrogens is 410 g/mol. The molecule has 1 fully saturated rings. The van der Waals surface area contributed by atoms with E-state index >= 15 is 0 Å². The number of rotatable bonds is 3. The molecule has 5 nitrogen and oxygen atoms in total. The predicted octanol–water partition coefficient (Wildman–Crippen LogP) is 4.12. The first kappa shape index (κ1) is 17.7. The van der Waals surface area contributed by atoms with Crippen molar-refractivity contribution in [3.8, 4) is 5.75 Å². The molecule has 1 aliphatic heterocycles. The molecule has 0 saturated carbocycles. The van der Waals surface area contributed by atoms with Gasteiger partial charge in [0.25, 0.3) is 0 Å². The van der Waals surface area contributed by atoms with E-state index in [1.807, 2.05) is 12.2 Å². The number of fused-ring (bicyclic) bond motifs is 1. The summed E-state index contributed by atoms with van der Waals surface area (Å²) in [6, 6.07) is 13.3. The number of imide groups is 1. The van der Waals surface area contributed by atoms with Crippen LogP contribution in [0, 0.1) is 11.8 Å². The number of allylic oxidation sites excluding steroid dienone is 2.